The summed E-state index contributed by atoms with van der Waals surface area (Å²) in [6.45, 7) is 4.71. The minimum absolute atomic E-state index is 0.446. The Kier molecular flexibility index (Phi) is 3.77. The van der Waals surface area contributed by atoms with Gasteiger partial charge in [0.15, 0.2) is 0 Å². The third-order valence-electron chi connectivity index (χ3n) is 4.32. The SMILES string of the molecule is C[Si](C)c1ccc2c(c1)c1cc(I)ccc1n2-c1ccccc1. The Morgan fingerprint density at radius 3 is 2.13 bits per heavy atom. The first-order valence-electron chi connectivity index (χ1n) is 7.75. The summed E-state index contributed by atoms with van der Waals surface area (Å²) in [4.78, 5) is 0. The Morgan fingerprint density at radius 1 is 0.783 bits per heavy atom. The Balaban J connectivity index is 2.16. The molecule has 0 saturated carbocycles. The standard InChI is InChI=1S/C20H17INSi/c1-23(2)16-9-11-20-18(13-16)17-12-14(21)8-10-19(17)22(20)15-6-4-3-5-7-15/h3-13H,1-2H3. The van der Waals surface area contributed by atoms with Gasteiger partial charge in [0.05, 0.1) is 19.8 Å². The molecule has 0 fully saturated rings. The molecule has 0 saturated heterocycles. The molecule has 0 aliphatic carbocycles. The second-order valence-corrected chi connectivity index (χ2v) is 9.89. The molecule has 1 heterocycles. The molecule has 0 aliphatic heterocycles. The topological polar surface area (TPSA) is 4.93 Å². The summed E-state index contributed by atoms with van der Waals surface area (Å²) in [6.07, 6.45) is 0. The zero-order valence-corrected chi connectivity index (χ0v) is 16.3. The minimum Gasteiger partial charge on any atom is -0.309 e. The number of nitrogens with zero attached hydrogens (tertiary/aromatic N) is 1. The molecular weight excluding hydrogens is 409 g/mol. The molecule has 0 bridgehead atoms. The van der Waals surface area contributed by atoms with Crippen LogP contribution < -0.4 is 5.19 Å². The number of aromatic nitrogens is 1. The third-order valence-corrected chi connectivity index (χ3v) is 6.46. The van der Waals surface area contributed by atoms with Crippen molar-refractivity contribution in [3.05, 3.63) is 70.3 Å². The molecule has 4 rings (SSSR count). The first-order valence-corrected chi connectivity index (χ1v) is 11.3. The van der Waals surface area contributed by atoms with Gasteiger partial charge < -0.3 is 4.57 Å². The summed E-state index contributed by atoms with van der Waals surface area (Å²) in [5.41, 5.74) is 3.80. The molecule has 0 unspecified atom stereocenters. The van der Waals surface area contributed by atoms with E-state index in [0.717, 1.165) is 0 Å². The van der Waals surface area contributed by atoms with Crippen molar-refractivity contribution in [1.29, 1.82) is 0 Å². The Bertz CT molecular complexity index is 1000. The van der Waals surface area contributed by atoms with Crippen LogP contribution in [0.4, 0.5) is 0 Å². The van der Waals surface area contributed by atoms with Gasteiger partial charge in [-0.2, -0.15) is 0 Å². The van der Waals surface area contributed by atoms with Gasteiger partial charge in [-0.25, -0.2) is 0 Å². The fraction of sp³-hybridized carbons (Fsp3) is 0.100. The van der Waals surface area contributed by atoms with Crippen LogP contribution in [0.5, 0.6) is 0 Å². The van der Waals surface area contributed by atoms with Crippen molar-refractivity contribution in [3.63, 3.8) is 0 Å². The monoisotopic (exact) mass is 426 g/mol. The van der Waals surface area contributed by atoms with Gasteiger partial charge in [0.1, 0.15) is 0 Å². The predicted octanol–water partition coefficient (Wildman–Crippen LogP) is 5.35. The number of rotatable bonds is 2. The molecule has 3 heteroatoms. The average molecular weight is 426 g/mol. The van der Waals surface area contributed by atoms with Crippen LogP contribution in [0, 0.1) is 3.57 Å². The van der Waals surface area contributed by atoms with Gasteiger partial charge >= 0.3 is 0 Å². The van der Waals surface area contributed by atoms with E-state index in [1.54, 1.807) is 0 Å². The molecule has 113 valence electrons. The van der Waals surface area contributed by atoms with Crippen LogP contribution in [-0.2, 0) is 0 Å². The molecule has 0 N–H and O–H groups in total. The van der Waals surface area contributed by atoms with E-state index < -0.39 is 8.80 Å². The number of halogens is 1. The number of para-hydroxylation sites is 1. The molecule has 0 amide bonds. The summed E-state index contributed by atoms with van der Waals surface area (Å²) in [7, 11) is -0.446. The molecule has 0 spiro atoms. The molecule has 4 aromatic rings. The van der Waals surface area contributed by atoms with Crippen LogP contribution in [0.2, 0.25) is 13.1 Å². The molecule has 23 heavy (non-hydrogen) atoms. The van der Waals surface area contributed by atoms with E-state index in [0.29, 0.717) is 0 Å². The first kappa shape index (κ1) is 15.0. The van der Waals surface area contributed by atoms with Gasteiger partial charge in [0.25, 0.3) is 0 Å². The lowest BCUT2D eigenvalue weighted by atomic mass is 10.1. The highest BCUT2D eigenvalue weighted by Gasteiger charge is 2.13. The molecule has 1 aromatic heterocycles. The fourth-order valence-corrected chi connectivity index (χ4v) is 4.50. The van der Waals surface area contributed by atoms with Crippen molar-refractivity contribution in [2.24, 2.45) is 0 Å². The normalized spacial score (nSPS) is 11.7. The van der Waals surface area contributed by atoms with E-state index in [2.05, 4.69) is 107 Å². The van der Waals surface area contributed by atoms with Gasteiger partial charge in [-0.15, -0.1) is 0 Å². The lowest BCUT2D eigenvalue weighted by Crippen LogP contribution is -2.21. The van der Waals surface area contributed by atoms with Gasteiger partial charge in [-0.3, -0.25) is 0 Å². The van der Waals surface area contributed by atoms with Crippen molar-refractivity contribution >= 4 is 58.4 Å². The lowest BCUT2D eigenvalue weighted by Gasteiger charge is -2.08. The summed E-state index contributed by atoms with van der Waals surface area (Å²) in [6, 6.07) is 24.4. The molecule has 0 atom stereocenters. The van der Waals surface area contributed by atoms with Gasteiger partial charge in [-0.1, -0.05) is 48.6 Å². The fourth-order valence-electron chi connectivity index (χ4n) is 3.16. The number of benzene rings is 3. The van der Waals surface area contributed by atoms with E-state index in [1.807, 2.05) is 0 Å². The Morgan fingerprint density at radius 2 is 1.43 bits per heavy atom. The summed E-state index contributed by atoms with van der Waals surface area (Å²) >= 11 is 2.40. The van der Waals surface area contributed by atoms with E-state index in [4.69, 9.17) is 0 Å². The average Bonchev–Trinajstić information content (AvgIpc) is 2.88. The maximum absolute atomic E-state index is 2.40. The second kappa shape index (κ2) is 5.80. The third kappa shape index (κ3) is 2.52. The highest BCUT2D eigenvalue weighted by atomic mass is 127. The molecule has 1 radical (unpaired) electrons. The number of fused-ring (bicyclic) bond motifs is 3. The predicted molar refractivity (Wildman–Crippen MR) is 111 cm³/mol. The highest BCUT2D eigenvalue weighted by molar-refractivity contribution is 14.1. The van der Waals surface area contributed by atoms with E-state index in [-0.39, 0.29) is 0 Å². The largest absolute Gasteiger partial charge is 0.309 e. The second-order valence-electron chi connectivity index (χ2n) is 6.06. The summed E-state index contributed by atoms with van der Waals surface area (Å²) in [5, 5.41) is 4.21. The zero-order valence-electron chi connectivity index (χ0n) is 13.2. The van der Waals surface area contributed by atoms with Crippen molar-refractivity contribution in [1.82, 2.24) is 4.57 Å². The van der Waals surface area contributed by atoms with Crippen LogP contribution in [-0.4, -0.2) is 13.4 Å². The van der Waals surface area contributed by atoms with Gasteiger partial charge in [0, 0.05) is 20.0 Å². The Labute approximate surface area is 151 Å². The zero-order chi connectivity index (χ0) is 16.0. The smallest absolute Gasteiger partial charge is 0.0791 e. The molecular formula is C20H17INSi. The maximum Gasteiger partial charge on any atom is 0.0791 e. The van der Waals surface area contributed by atoms with Crippen LogP contribution >= 0.6 is 22.6 Å². The van der Waals surface area contributed by atoms with E-state index in [9.17, 15) is 0 Å². The number of hydrogen-bond acceptors (Lipinski definition) is 0. The molecule has 1 nitrogen and oxygen atoms in total. The minimum atomic E-state index is -0.446. The lowest BCUT2D eigenvalue weighted by molar-refractivity contribution is 1.18. The van der Waals surface area contributed by atoms with Crippen LogP contribution in [0.15, 0.2) is 66.7 Å². The van der Waals surface area contributed by atoms with Gasteiger partial charge in [0.2, 0.25) is 0 Å². The summed E-state index contributed by atoms with van der Waals surface area (Å²) < 4.78 is 3.66. The molecule has 3 aromatic carbocycles. The van der Waals surface area contributed by atoms with E-state index >= 15 is 0 Å². The maximum atomic E-state index is 2.40. The summed E-state index contributed by atoms with van der Waals surface area (Å²) in [5.74, 6) is 0. The van der Waals surface area contributed by atoms with Crippen molar-refractivity contribution < 1.29 is 0 Å². The quantitative estimate of drug-likeness (QED) is 0.301. The Hall–Kier alpha value is -1.59. The number of hydrogen-bond donors (Lipinski definition) is 0. The van der Waals surface area contributed by atoms with Crippen molar-refractivity contribution in [2.75, 3.05) is 0 Å². The first-order chi connectivity index (χ1) is 11.1. The van der Waals surface area contributed by atoms with E-state index in [1.165, 1.54) is 36.3 Å². The van der Waals surface area contributed by atoms with Crippen LogP contribution in [0.3, 0.4) is 0 Å². The van der Waals surface area contributed by atoms with Gasteiger partial charge in [-0.05, 0) is 59.0 Å². The molecule has 0 aliphatic rings. The van der Waals surface area contributed by atoms with Crippen LogP contribution in [0.25, 0.3) is 27.5 Å². The van der Waals surface area contributed by atoms with Crippen LogP contribution in [0.1, 0.15) is 0 Å². The highest BCUT2D eigenvalue weighted by Crippen LogP contribution is 2.32. The van der Waals surface area contributed by atoms with Crippen molar-refractivity contribution in [3.8, 4) is 5.69 Å². The van der Waals surface area contributed by atoms with Crippen molar-refractivity contribution in [2.45, 2.75) is 13.1 Å².